The molecule has 0 fully saturated rings. The highest BCUT2D eigenvalue weighted by molar-refractivity contribution is 8.00. The Bertz CT molecular complexity index is 379. The molecule has 5 heteroatoms. The third-order valence-electron chi connectivity index (χ3n) is 1.52. The summed E-state index contributed by atoms with van der Waals surface area (Å²) in [4.78, 5) is 21.9. The van der Waals surface area contributed by atoms with Crippen LogP contribution in [0.25, 0.3) is 0 Å². The molecule has 4 nitrogen and oxygen atoms in total. The summed E-state index contributed by atoms with van der Waals surface area (Å²) >= 11 is 1.22. The highest BCUT2D eigenvalue weighted by atomic mass is 32.2. The Morgan fingerprint density at radius 3 is 2.80 bits per heavy atom. The van der Waals surface area contributed by atoms with Crippen molar-refractivity contribution in [3.8, 4) is 0 Å². The van der Waals surface area contributed by atoms with Crippen molar-refractivity contribution < 1.29 is 14.7 Å². The summed E-state index contributed by atoms with van der Waals surface area (Å²) < 4.78 is 0. The smallest absolute Gasteiger partial charge is 0.313 e. The number of hydrogen-bond acceptors (Lipinski definition) is 3. The van der Waals surface area contributed by atoms with Gasteiger partial charge in [-0.05, 0) is 18.2 Å². The van der Waals surface area contributed by atoms with Gasteiger partial charge in [0.1, 0.15) is 0 Å². The number of anilines is 1. The molecule has 1 aromatic rings. The van der Waals surface area contributed by atoms with Gasteiger partial charge < -0.3 is 10.4 Å². The highest BCUT2D eigenvalue weighted by Crippen LogP contribution is 2.21. The molecule has 0 spiro atoms. The van der Waals surface area contributed by atoms with Gasteiger partial charge >= 0.3 is 5.97 Å². The molecular weight excluding hydrogens is 214 g/mol. The van der Waals surface area contributed by atoms with E-state index in [2.05, 4.69) is 5.32 Å². The van der Waals surface area contributed by atoms with Crippen molar-refractivity contribution in [1.29, 1.82) is 0 Å². The molecular formula is C10H11NO3S. The van der Waals surface area contributed by atoms with Crippen LogP contribution in [0.3, 0.4) is 0 Å². The zero-order valence-electron chi connectivity index (χ0n) is 8.19. The third kappa shape index (κ3) is 4.51. The molecule has 1 aromatic carbocycles. The van der Waals surface area contributed by atoms with E-state index in [-0.39, 0.29) is 11.7 Å². The molecule has 0 radical (unpaired) electrons. The van der Waals surface area contributed by atoms with Crippen LogP contribution in [0.1, 0.15) is 6.92 Å². The Morgan fingerprint density at radius 1 is 1.47 bits per heavy atom. The Hall–Kier alpha value is -1.49. The topological polar surface area (TPSA) is 66.4 Å². The second kappa shape index (κ2) is 5.41. The molecule has 2 N–H and O–H groups in total. The van der Waals surface area contributed by atoms with Gasteiger partial charge in [-0.1, -0.05) is 6.07 Å². The molecule has 0 saturated carbocycles. The first kappa shape index (κ1) is 11.6. The van der Waals surface area contributed by atoms with Crippen LogP contribution in [0.4, 0.5) is 5.69 Å². The lowest BCUT2D eigenvalue weighted by Crippen LogP contribution is -2.05. The number of aliphatic carboxylic acids is 1. The fourth-order valence-electron chi connectivity index (χ4n) is 1.01. The summed E-state index contributed by atoms with van der Waals surface area (Å²) in [6.45, 7) is 1.43. The largest absolute Gasteiger partial charge is 0.481 e. The third-order valence-corrected chi connectivity index (χ3v) is 2.50. The van der Waals surface area contributed by atoms with Crippen LogP contribution in [0.2, 0.25) is 0 Å². The van der Waals surface area contributed by atoms with Crippen LogP contribution in [-0.2, 0) is 9.59 Å². The monoisotopic (exact) mass is 225 g/mol. The number of hydrogen-bond donors (Lipinski definition) is 2. The molecule has 0 heterocycles. The average Bonchev–Trinajstić information content (AvgIpc) is 2.14. The number of carbonyl (C=O) groups excluding carboxylic acids is 1. The van der Waals surface area contributed by atoms with Gasteiger partial charge in [-0.2, -0.15) is 0 Å². The molecule has 15 heavy (non-hydrogen) atoms. The summed E-state index contributed by atoms with van der Waals surface area (Å²) in [5.41, 5.74) is 0.679. The van der Waals surface area contributed by atoms with Crippen molar-refractivity contribution in [1.82, 2.24) is 0 Å². The van der Waals surface area contributed by atoms with Gasteiger partial charge in [0.2, 0.25) is 5.91 Å². The number of carbonyl (C=O) groups is 2. The number of amides is 1. The fraction of sp³-hybridized carbons (Fsp3) is 0.200. The molecule has 80 valence electrons. The fourth-order valence-corrected chi connectivity index (χ4v) is 1.69. The van der Waals surface area contributed by atoms with Gasteiger partial charge in [0.15, 0.2) is 0 Å². The molecule has 0 saturated heterocycles. The van der Waals surface area contributed by atoms with Crippen LogP contribution in [-0.4, -0.2) is 22.7 Å². The minimum Gasteiger partial charge on any atom is -0.481 e. The summed E-state index contributed by atoms with van der Waals surface area (Å²) in [5, 5.41) is 11.1. The zero-order valence-corrected chi connectivity index (χ0v) is 9.00. The molecule has 0 aliphatic rings. The molecule has 0 unspecified atom stereocenters. The van der Waals surface area contributed by atoms with Crippen molar-refractivity contribution in [3.05, 3.63) is 24.3 Å². The van der Waals surface area contributed by atoms with E-state index in [4.69, 9.17) is 5.11 Å². The number of carboxylic acids is 1. The normalized spacial score (nSPS) is 9.67. The van der Waals surface area contributed by atoms with Gasteiger partial charge in [0, 0.05) is 17.5 Å². The summed E-state index contributed by atoms with van der Waals surface area (Å²) in [6.07, 6.45) is 0. The van der Waals surface area contributed by atoms with E-state index in [0.717, 1.165) is 4.90 Å². The van der Waals surface area contributed by atoms with Crippen LogP contribution in [0.15, 0.2) is 29.2 Å². The number of benzene rings is 1. The summed E-state index contributed by atoms with van der Waals surface area (Å²) in [7, 11) is 0. The number of carboxylic acid groups (broad SMARTS) is 1. The number of rotatable bonds is 4. The van der Waals surface area contributed by atoms with Crippen molar-refractivity contribution in [3.63, 3.8) is 0 Å². The maximum absolute atomic E-state index is 10.8. The van der Waals surface area contributed by atoms with Crippen molar-refractivity contribution in [2.24, 2.45) is 0 Å². The van der Waals surface area contributed by atoms with E-state index >= 15 is 0 Å². The minimum atomic E-state index is -0.857. The van der Waals surface area contributed by atoms with E-state index in [9.17, 15) is 9.59 Å². The maximum atomic E-state index is 10.8. The van der Waals surface area contributed by atoms with E-state index in [1.807, 2.05) is 0 Å². The predicted molar refractivity (Wildman–Crippen MR) is 59.1 cm³/mol. The van der Waals surface area contributed by atoms with Gasteiger partial charge in [0.05, 0.1) is 5.75 Å². The Kier molecular flexibility index (Phi) is 4.17. The first-order valence-corrected chi connectivity index (χ1v) is 5.29. The molecule has 0 atom stereocenters. The van der Waals surface area contributed by atoms with Gasteiger partial charge in [-0.3, -0.25) is 9.59 Å². The SMILES string of the molecule is CC(=O)Nc1cccc(SCC(=O)O)c1. The second-order valence-corrected chi connectivity index (χ2v) is 3.94. The van der Waals surface area contributed by atoms with E-state index < -0.39 is 5.97 Å². The minimum absolute atomic E-state index is 0.0174. The lowest BCUT2D eigenvalue weighted by molar-refractivity contribution is -0.133. The maximum Gasteiger partial charge on any atom is 0.313 e. The van der Waals surface area contributed by atoms with E-state index in [1.54, 1.807) is 24.3 Å². The molecule has 1 rings (SSSR count). The standard InChI is InChI=1S/C10H11NO3S/c1-7(12)11-8-3-2-4-9(5-8)15-6-10(13)14/h2-5H,6H2,1H3,(H,11,12)(H,13,14). The molecule has 0 aromatic heterocycles. The Morgan fingerprint density at radius 2 is 2.20 bits per heavy atom. The Labute approximate surface area is 91.7 Å². The second-order valence-electron chi connectivity index (χ2n) is 2.89. The lowest BCUT2D eigenvalue weighted by atomic mass is 10.3. The zero-order chi connectivity index (χ0) is 11.3. The van der Waals surface area contributed by atoms with Crippen molar-refractivity contribution in [2.75, 3.05) is 11.1 Å². The van der Waals surface area contributed by atoms with Gasteiger partial charge in [-0.15, -0.1) is 11.8 Å². The first-order chi connectivity index (χ1) is 7.08. The van der Waals surface area contributed by atoms with Crippen molar-refractivity contribution in [2.45, 2.75) is 11.8 Å². The van der Waals surface area contributed by atoms with Gasteiger partial charge in [0.25, 0.3) is 0 Å². The van der Waals surface area contributed by atoms with E-state index in [1.165, 1.54) is 18.7 Å². The molecule has 0 aliphatic carbocycles. The average molecular weight is 225 g/mol. The van der Waals surface area contributed by atoms with Gasteiger partial charge in [-0.25, -0.2) is 0 Å². The van der Waals surface area contributed by atoms with E-state index in [0.29, 0.717) is 5.69 Å². The first-order valence-electron chi connectivity index (χ1n) is 4.30. The molecule has 1 amide bonds. The summed E-state index contributed by atoms with van der Waals surface area (Å²) in [6, 6.07) is 7.08. The molecule has 0 aliphatic heterocycles. The quantitative estimate of drug-likeness (QED) is 0.767. The lowest BCUT2D eigenvalue weighted by Gasteiger charge is -2.04. The van der Waals surface area contributed by atoms with Crippen molar-refractivity contribution >= 4 is 29.3 Å². The highest BCUT2D eigenvalue weighted by Gasteiger charge is 2.01. The predicted octanol–water partition coefficient (Wildman–Crippen LogP) is 1.82. The molecule has 0 bridgehead atoms. The Balaban J connectivity index is 2.65. The van der Waals surface area contributed by atoms with Crippen LogP contribution < -0.4 is 5.32 Å². The number of thioether (sulfide) groups is 1. The summed E-state index contributed by atoms with van der Waals surface area (Å²) in [5.74, 6) is -0.982. The number of nitrogens with one attached hydrogen (secondary N) is 1. The van der Waals surface area contributed by atoms with Crippen LogP contribution in [0, 0.1) is 0 Å². The van der Waals surface area contributed by atoms with Crippen LogP contribution in [0.5, 0.6) is 0 Å². The van der Waals surface area contributed by atoms with Crippen LogP contribution >= 0.6 is 11.8 Å².